The molecular weight excluding hydrogens is 224 g/mol. The first kappa shape index (κ1) is 11.7. The summed E-state index contributed by atoms with van der Waals surface area (Å²) < 4.78 is 5.12. The summed E-state index contributed by atoms with van der Waals surface area (Å²) in [7, 11) is 1.62. The van der Waals surface area contributed by atoms with E-state index in [0.29, 0.717) is 5.56 Å². The second-order valence-electron chi connectivity index (χ2n) is 3.56. The lowest BCUT2D eigenvalue weighted by Gasteiger charge is -1.98. The summed E-state index contributed by atoms with van der Waals surface area (Å²) in [6, 6.07) is 11.2. The minimum absolute atomic E-state index is 0.507. The summed E-state index contributed by atoms with van der Waals surface area (Å²) in [5, 5.41) is 8.76. The molecule has 0 bridgehead atoms. The molecule has 0 fully saturated rings. The fourth-order valence-corrected chi connectivity index (χ4v) is 1.41. The fraction of sp³-hybridized carbons (Fsp3) is 0.0667. The van der Waals surface area contributed by atoms with Crippen LogP contribution in [0, 0.1) is 23.2 Å². The van der Waals surface area contributed by atoms with Gasteiger partial charge in [-0.15, -0.1) is 0 Å². The number of nitriles is 1. The summed E-state index contributed by atoms with van der Waals surface area (Å²) in [4.78, 5) is 3.95. The summed E-state index contributed by atoms with van der Waals surface area (Å²) in [5.41, 5.74) is 2.08. The summed E-state index contributed by atoms with van der Waals surface area (Å²) >= 11 is 0. The normalized spacial score (nSPS) is 8.89. The van der Waals surface area contributed by atoms with Gasteiger partial charge in [-0.3, -0.25) is 4.98 Å². The van der Waals surface area contributed by atoms with Gasteiger partial charge in [-0.05, 0) is 24.3 Å². The van der Waals surface area contributed by atoms with Crippen molar-refractivity contribution in [3.05, 3.63) is 59.4 Å². The molecule has 1 heterocycles. The fourth-order valence-electron chi connectivity index (χ4n) is 1.41. The molecule has 0 aliphatic carbocycles. The van der Waals surface area contributed by atoms with Crippen LogP contribution in [0.2, 0.25) is 0 Å². The van der Waals surface area contributed by atoms with E-state index in [1.54, 1.807) is 19.4 Å². The third kappa shape index (κ3) is 2.87. The Morgan fingerprint density at radius 3 is 2.61 bits per heavy atom. The van der Waals surface area contributed by atoms with Crippen molar-refractivity contribution in [3.63, 3.8) is 0 Å². The maximum atomic E-state index is 8.76. The van der Waals surface area contributed by atoms with Crippen LogP contribution in [0.25, 0.3) is 0 Å². The average molecular weight is 234 g/mol. The van der Waals surface area contributed by atoms with E-state index in [-0.39, 0.29) is 0 Å². The standard InChI is InChI=1S/C15H10N2O/c1-18-15-4-2-3-12(8-15)5-6-13-7-14(9-16)11-17-10-13/h2-4,7-8,10-11H,1H3. The molecule has 1 aromatic carbocycles. The first-order valence-electron chi connectivity index (χ1n) is 5.33. The van der Waals surface area contributed by atoms with Crippen molar-refractivity contribution in [3.8, 4) is 23.7 Å². The third-order valence-corrected chi connectivity index (χ3v) is 2.29. The van der Waals surface area contributed by atoms with Gasteiger partial charge in [-0.1, -0.05) is 17.9 Å². The summed E-state index contributed by atoms with van der Waals surface area (Å²) in [6.07, 6.45) is 3.14. The molecule has 0 saturated carbocycles. The number of hydrogen-bond acceptors (Lipinski definition) is 3. The smallest absolute Gasteiger partial charge is 0.120 e. The first-order valence-corrected chi connectivity index (χ1v) is 5.33. The maximum absolute atomic E-state index is 8.76. The Morgan fingerprint density at radius 2 is 1.83 bits per heavy atom. The zero-order chi connectivity index (χ0) is 12.8. The predicted octanol–water partition coefficient (Wildman–Crippen LogP) is 2.36. The number of ether oxygens (including phenoxy) is 1. The zero-order valence-electron chi connectivity index (χ0n) is 9.84. The second kappa shape index (κ2) is 5.52. The highest BCUT2D eigenvalue weighted by Gasteiger charge is 1.93. The highest BCUT2D eigenvalue weighted by atomic mass is 16.5. The van der Waals surface area contributed by atoms with E-state index in [2.05, 4.69) is 16.8 Å². The molecule has 2 rings (SSSR count). The molecular formula is C15H10N2O. The van der Waals surface area contributed by atoms with Gasteiger partial charge < -0.3 is 4.74 Å². The largest absolute Gasteiger partial charge is 0.497 e. The lowest BCUT2D eigenvalue weighted by atomic mass is 10.2. The van der Waals surface area contributed by atoms with E-state index in [4.69, 9.17) is 10.00 Å². The number of nitrogens with zero attached hydrogens (tertiary/aromatic N) is 2. The van der Waals surface area contributed by atoms with Crippen LogP contribution in [0.1, 0.15) is 16.7 Å². The summed E-state index contributed by atoms with van der Waals surface area (Å²) in [6.45, 7) is 0. The average Bonchev–Trinajstić information content (AvgIpc) is 2.45. The van der Waals surface area contributed by atoms with Crippen molar-refractivity contribution in [2.75, 3.05) is 7.11 Å². The van der Waals surface area contributed by atoms with Gasteiger partial charge in [0.25, 0.3) is 0 Å². The Hall–Kier alpha value is -2.78. The van der Waals surface area contributed by atoms with Crippen molar-refractivity contribution in [1.82, 2.24) is 4.98 Å². The minimum Gasteiger partial charge on any atom is -0.497 e. The Morgan fingerprint density at radius 1 is 1.06 bits per heavy atom. The van der Waals surface area contributed by atoms with Crippen LogP contribution in [0.3, 0.4) is 0 Å². The van der Waals surface area contributed by atoms with Gasteiger partial charge in [0.15, 0.2) is 0 Å². The highest BCUT2D eigenvalue weighted by molar-refractivity contribution is 5.46. The molecule has 3 heteroatoms. The minimum atomic E-state index is 0.507. The van der Waals surface area contributed by atoms with E-state index in [1.807, 2.05) is 30.3 Å². The van der Waals surface area contributed by atoms with Crippen LogP contribution in [-0.2, 0) is 0 Å². The predicted molar refractivity (Wildman–Crippen MR) is 67.9 cm³/mol. The second-order valence-corrected chi connectivity index (χ2v) is 3.56. The van der Waals surface area contributed by atoms with Crippen LogP contribution in [0.4, 0.5) is 0 Å². The van der Waals surface area contributed by atoms with Crippen molar-refractivity contribution >= 4 is 0 Å². The van der Waals surface area contributed by atoms with Crippen molar-refractivity contribution in [2.24, 2.45) is 0 Å². The lowest BCUT2D eigenvalue weighted by molar-refractivity contribution is 0.414. The SMILES string of the molecule is COc1cccc(C#Cc2cncc(C#N)c2)c1. The van der Waals surface area contributed by atoms with Gasteiger partial charge in [-0.25, -0.2) is 0 Å². The Kier molecular flexibility index (Phi) is 3.59. The molecule has 18 heavy (non-hydrogen) atoms. The topological polar surface area (TPSA) is 45.9 Å². The number of rotatable bonds is 1. The number of methoxy groups -OCH3 is 1. The van der Waals surface area contributed by atoms with Crippen LogP contribution in [0.15, 0.2) is 42.7 Å². The number of aromatic nitrogens is 1. The molecule has 0 saturated heterocycles. The molecule has 3 nitrogen and oxygen atoms in total. The van der Waals surface area contributed by atoms with Crippen LogP contribution < -0.4 is 4.74 Å². The lowest BCUT2D eigenvalue weighted by Crippen LogP contribution is -1.84. The number of benzene rings is 1. The molecule has 86 valence electrons. The van der Waals surface area contributed by atoms with E-state index in [1.165, 1.54) is 6.20 Å². The Bertz CT molecular complexity index is 660. The van der Waals surface area contributed by atoms with Crippen LogP contribution in [-0.4, -0.2) is 12.1 Å². The van der Waals surface area contributed by atoms with Gasteiger partial charge >= 0.3 is 0 Å². The summed E-state index contributed by atoms with van der Waals surface area (Å²) in [5.74, 6) is 6.74. The van der Waals surface area contributed by atoms with Crippen molar-refractivity contribution < 1.29 is 4.74 Å². The molecule has 0 N–H and O–H groups in total. The van der Waals surface area contributed by atoms with Crippen molar-refractivity contribution in [2.45, 2.75) is 0 Å². The highest BCUT2D eigenvalue weighted by Crippen LogP contribution is 2.11. The molecule has 2 aromatic rings. The number of hydrogen-bond donors (Lipinski definition) is 0. The molecule has 0 amide bonds. The van der Waals surface area contributed by atoms with E-state index in [9.17, 15) is 0 Å². The van der Waals surface area contributed by atoms with Gasteiger partial charge in [0.05, 0.1) is 12.7 Å². The van der Waals surface area contributed by atoms with Gasteiger partial charge in [0.1, 0.15) is 11.8 Å². The molecule has 0 spiro atoms. The van der Waals surface area contributed by atoms with Gasteiger partial charge in [0, 0.05) is 23.5 Å². The first-order chi connectivity index (χ1) is 8.81. The Balaban J connectivity index is 2.28. The van der Waals surface area contributed by atoms with Gasteiger partial charge in [-0.2, -0.15) is 5.26 Å². The van der Waals surface area contributed by atoms with Crippen LogP contribution >= 0.6 is 0 Å². The molecule has 1 aromatic heterocycles. The van der Waals surface area contributed by atoms with E-state index in [0.717, 1.165) is 16.9 Å². The zero-order valence-corrected chi connectivity index (χ0v) is 9.84. The van der Waals surface area contributed by atoms with Crippen LogP contribution in [0.5, 0.6) is 5.75 Å². The molecule has 0 radical (unpaired) electrons. The van der Waals surface area contributed by atoms with E-state index < -0.39 is 0 Å². The number of pyridine rings is 1. The molecule has 0 aliphatic rings. The third-order valence-electron chi connectivity index (χ3n) is 2.29. The monoisotopic (exact) mass is 234 g/mol. The quantitative estimate of drug-likeness (QED) is 0.711. The van der Waals surface area contributed by atoms with Crippen molar-refractivity contribution in [1.29, 1.82) is 5.26 Å². The molecule has 0 unspecified atom stereocenters. The Labute approximate surface area is 106 Å². The maximum Gasteiger partial charge on any atom is 0.120 e. The van der Waals surface area contributed by atoms with E-state index >= 15 is 0 Å². The van der Waals surface area contributed by atoms with Gasteiger partial charge in [0.2, 0.25) is 0 Å². The molecule has 0 aliphatic heterocycles. The molecule has 0 atom stereocenters.